The molecule has 3 N–H and O–H groups in total. The van der Waals surface area contributed by atoms with Crippen molar-refractivity contribution in [1.29, 1.82) is 0 Å². The second kappa shape index (κ2) is 5.50. The summed E-state index contributed by atoms with van der Waals surface area (Å²) < 4.78 is 1.64. The molecule has 4 heteroatoms. The molecule has 0 radical (unpaired) electrons. The second-order valence-electron chi connectivity index (χ2n) is 4.01. The average molecular weight is 231 g/mol. The Bertz CT molecular complexity index is 527. The molecule has 1 aromatic heterocycles. The number of nitrogens with one attached hydrogen (secondary N) is 1. The van der Waals surface area contributed by atoms with Crippen molar-refractivity contribution >= 4 is 0 Å². The van der Waals surface area contributed by atoms with Crippen LogP contribution in [-0.4, -0.2) is 16.1 Å². The number of aromatic nitrogens is 2. The molecule has 90 valence electrons. The van der Waals surface area contributed by atoms with Gasteiger partial charge in [-0.15, -0.1) is 0 Å². The molecule has 0 saturated heterocycles. The lowest BCUT2D eigenvalue weighted by Gasteiger charge is -2.08. The van der Waals surface area contributed by atoms with Crippen LogP contribution in [0.2, 0.25) is 0 Å². The minimum atomic E-state index is -0.101. The molecular formula is C13H17N3O. The topological polar surface area (TPSA) is 63.8 Å². The van der Waals surface area contributed by atoms with Crippen LogP contribution in [0.1, 0.15) is 18.4 Å². The zero-order valence-electron chi connectivity index (χ0n) is 9.73. The first-order valence-electron chi connectivity index (χ1n) is 5.87. The third-order valence-corrected chi connectivity index (χ3v) is 2.80. The van der Waals surface area contributed by atoms with E-state index in [1.54, 1.807) is 17.0 Å². The summed E-state index contributed by atoms with van der Waals surface area (Å²) >= 11 is 0. The van der Waals surface area contributed by atoms with Gasteiger partial charge in [0.05, 0.1) is 5.69 Å². The SMILES string of the molecule is NCCCCc1ccccc1-n1cc[nH]c1=O. The zero-order valence-corrected chi connectivity index (χ0v) is 9.73. The first-order chi connectivity index (χ1) is 8.33. The summed E-state index contributed by atoms with van der Waals surface area (Å²) in [5, 5.41) is 0. The second-order valence-corrected chi connectivity index (χ2v) is 4.01. The van der Waals surface area contributed by atoms with Gasteiger partial charge in [0.25, 0.3) is 0 Å². The maximum Gasteiger partial charge on any atom is 0.330 e. The number of rotatable bonds is 5. The largest absolute Gasteiger partial charge is 0.330 e. The van der Waals surface area contributed by atoms with Crippen molar-refractivity contribution in [2.75, 3.05) is 6.54 Å². The van der Waals surface area contributed by atoms with E-state index in [0.29, 0.717) is 6.54 Å². The summed E-state index contributed by atoms with van der Waals surface area (Å²) in [7, 11) is 0. The number of H-pyrrole nitrogens is 1. The van der Waals surface area contributed by atoms with Crippen molar-refractivity contribution in [3.05, 3.63) is 52.7 Å². The van der Waals surface area contributed by atoms with Crippen molar-refractivity contribution in [2.45, 2.75) is 19.3 Å². The number of nitrogens with zero attached hydrogens (tertiary/aromatic N) is 1. The first kappa shape index (κ1) is 11.7. The van der Waals surface area contributed by atoms with E-state index < -0.39 is 0 Å². The van der Waals surface area contributed by atoms with E-state index in [9.17, 15) is 4.79 Å². The van der Waals surface area contributed by atoms with Gasteiger partial charge in [0.1, 0.15) is 0 Å². The van der Waals surface area contributed by atoms with Crippen molar-refractivity contribution in [3.8, 4) is 5.69 Å². The van der Waals surface area contributed by atoms with Crippen molar-refractivity contribution in [1.82, 2.24) is 9.55 Å². The molecule has 1 aromatic carbocycles. The molecule has 1 heterocycles. The number of hydrogen-bond donors (Lipinski definition) is 2. The van der Waals surface area contributed by atoms with Crippen LogP contribution in [0.4, 0.5) is 0 Å². The Hall–Kier alpha value is -1.81. The standard InChI is InChI=1S/C13H17N3O/c14-8-4-3-6-11-5-1-2-7-12(11)16-10-9-15-13(16)17/h1-2,5,7,9-10H,3-4,6,8,14H2,(H,15,17). The lowest BCUT2D eigenvalue weighted by atomic mass is 10.1. The maximum absolute atomic E-state index is 11.6. The predicted molar refractivity (Wildman–Crippen MR) is 68.4 cm³/mol. The van der Waals surface area contributed by atoms with Crippen LogP contribution in [0.5, 0.6) is 0 Å². The third kappa shape index (κ3) is 2.65. The Morgan fingerprint density at radius 2 is 2.06 bits per heavy atom. The van der Waals surface area contributed by atoms with E-state index in [2.05, 4.69) is 11.1 Å². The van der Waals surface area contributed by atoms with E-state index in [0.717, 1.165) is 24.9 Å². The lowest BCUT2D eigenvalue weighted by molar-refractivity contribution is 0.740. The highest BCUT2D eigenvalue weighted by Crippen LogP contribution is 2.14. The van der Waals surface area contributed by atoms with Crippen LogP contribution in [0.25, 0.3) is 5.69 Å². The van der Waals surface area contributed by atoms with Crippen LogP contribution in [0.3, 0.4) is 0 Å². The molecule has 2 aromatic rings. The van der Waals surface area contributed by atoms with Crippen LogP contribution in [0, 0.1) is 0 Å². The van der Waals surface area contributed by atoms with Gasteiger partial charge in [-0.2, -0.15) is 0 Å². The molecule has 2 rings (SSSR count). The van der Waals surface area contributed by atoms with Crippen LogP contribution >= 0.6 is 0 Å². The number of benzene rings is 1. The summed E-state index contributed by atoms with van der Waals surface area (Å²) in [5.74, 6) is 0. The van der Waals surface area contributed by atoms with E-state index in [1.807, 2.05) is 18.2 Å². The number of nitrogens with two attached hydrogens (primary N) is 1. The van der Waals surface area contributed by atoms with Gasteiger partial charge in [-0.05, 0) is 37.4 Å². The highest BCUT2D eigenvalue weighted by Gasteiger charge is 2.05. The smallest absolute Gasteiger partial charge is 0.330 e. The van der Waals surface area contributed by atoms with Crippen molar-refractivity contribution in [2.24, 2.45) is 5.73 Å². The molecule has 0 saturated carbocycles. The molecule has 17 heavy (non-hydrogen) atoms. The minimum absolute atomic E-state index is 0.101. The molecular weight excluding hydrogens is 214 g/mol. The molecule has 0 aliphatic rings. The predicted octanol–water partition coefficient (Wildman–Crippen LogP) is 1.45. The Morgan fingerprint density at radius 3 is 2.76 bits per heavy atom. The van der Waals surface area contributed by atoms with E-state index in [1.165, 1.54) is 5.56 Å². The fourth-order valence-electron chi connectivity index (χ4n) is 1.93. The molecule has 0 amide bonds. The lowest BCUT2D eigenvalue weighted by Crippen LogP contribution is -2.15. The Morgan fingerprint density at radius 1 is 1.24 bits per heavy atom. The number of hydrogen-bond acceptors (Lipinski definition) is 2. The Labute approximate surface area is 100 Å². The van der Waals surface area contributed by atoms with Gasteiger partial charge < -0.3 is 10.7 Å². The summed E-state index contributed by atoms with van der Waals surface area (Å²) in [6.45, 7) is 0.715. The van der Waals surface area contributed by atoms with Gasteiger partial charge in [-0.25, -0.2) is 4.79 Å². The molecule has 0 aliphatic carbocycles. The highest BCUT2D eigenvalue weighted by atomic mass is 16.1. The van der Waals surface area contributed by atoms with Gasteiger partial charge in [-0.3, -0.25) is 4.57 Å². The average Bonchev–Trinajstić information content (AvgIpc) is 2.76. The molecule has 4 nitrogen and oxygen atoms in total. The third-order valence-electron chi connectivity index (χ3n) is 2.80. The number of imidazole rings is 1. The highest BCUT2D eigenvalue weighted by molar-refractivity contribution is 5.40. The molecule has 0 fully saturated rings. The molecule has 0 spiro atoms. The van der Waals surface area contributed by atoms with E-state index in [-0.39, 0.29) is 5.69 Å². The van der Waals surface area contributed by atoms with Crippen LogP contribution < -0.4 is 11.4 Å². The van der Waals surface area contributed by atoms with Crippen LogP contribution in [-0.2, 0) is 6.42 Å². The monoisotopic (exact) mass is 231 g/mol. The van der Waals surface area contributed by atoms with Gasteiger partial charge >= 0.3 is 5.69 Å². The van der Waals surface area contributed by atoms with Crippen LogP contribution in [0.15, 0.2) is 41.5 Å². The molecule has 0 atom stereocenters. The summed E-state index contributed by atoms with van der Waals surface area (Å²) in [5.41, 5.74) is 7.53. The minimum Gasteiger partial charge on any atom is -0.330 e. The van der Waals surface area contributed by atoms with E-state index >= 15 is 0 Å². The Balaban J connectivity index is 2.28. The van der Waals surface area contributed by atoms with Gasteiger partial charge in [0.15, 0.2) is 0 Å². The quantitative estimate of drug-likeness (QED) is 0.765. The Kier molecular flexibility index (Phi) is 3.77. The number of aryl methyl sites for hydroxylation is 1. The summed E-state index contributed by atoms with van der Waals surface area (Å²) in [6, 6.07) is 7.97. The normalized spacial score (nSPS) is 10.6. The number of para-hydroxylation sites is 1. The molecule has 0 aliphatic heterocycles. The fraction of sp³-hybridized carbons (Fsp3) is 0.308. The summed E-state index contributed by atoms with van der Waals surface area (Å²) in [6.07, 6.45) is 6.41. The maximum atomic E-state index is 11.6. The first-order valence-corrected chi connectivity index (χ1v) is 5.87. The zero-order chi connectivity index (χ0) is 12.1. The molecule has 0 bridgehead atoms. The summed E-state index contributed by atoms with van der Waals surface area (Å²) in [4.78, 5) is 14.2. The number of unbranched alkanes of at least 4 members (excludes halogenated alkanes) is 1. The number of aromatic amines is 1. The van der Waals surface area contributed by atoms with E-state index in [4.69, 9.17) is 5.73 Å². The van der Waals surface area contributed by atoms with Crippen molar-refractivity contribution in [3.63, 3.8) is 0 Å². The van der Waals surface area contributed by atoms with Gasteiger partial charge in [-0.1, -0.05) is 18.2 Å². The fourth-order valence-corrected chi connectivity index (χ4v) is 1.93. The van der Waals surface area contributed by atoms with Crippen molar-refractivity contribution < 1.29 is 0 Å². The molecule has 0 unspecified atom stereocenters. The van der Waals surface area contributed by atoms with Gasteiger partial charge in [0.2, 0.25) is 0 Å². The van der Waals surface area contributed by atoms with Gasteiger partial charge in [0, 0.05) is 12.4 Å².